The molecule has 1 fully saturated rings. The number of hydrogen-bond acceptors (Lipinski definition) is 2. The number of allylic oxidation sites excluding steroid dienone is 2. The van der Waals surface area contributed by atoms with Crippen LogP contribution in [0.4, 0.5) is 5.69 Å². The molecule has 5 rings (SSSR count). The van der Waals surface area contributed by atoms with E-state index in [9.17, 15) is 4.79 Å². The standard InChI is InChI=1S/C26H30N2O/c29-24-14-13-20-11-6-12-23(25(20)27-24)19-15-17-28(18-16-19)26(22-9-4-5-10-22)21-7-2-1-3-8-21/h1-8,11-12,19,22,26H,9-10,13-18H2,(H,27,29). The van der Waals surface area contributed by atoms with Crippen LogP contribution in [0.25, 0.3) is 0 Å². The number of nitrogens with zero attached hydrogens (tertiary/aromatic N) is 1. The number of anilines is 1. The average molecular weight is 387 g/mol. The van der Waals surface area contributed by atoms with Crippen molar-refractivity contribution in [2.24, 2.45) is 5.92 Å². The number of carbonyl (C=O) groups excluding carboxylic acids is 1. The summed E-state index contributed by atoms with van der Waals surface area (Å²) in [7, 11) is 0. The maximum Gasteiger partial charge on any atom is 0.224 e. The van der Waals surface area contributed by atoms with Crippen molar-refractivity contribution in [3.05, 3.63) is 77.4 Å². The fraction of sp³-hybridized carbons (Fsp3) is 0.423. The Balaban J connectivity index is 1.34. The first-order valence-corrected chi connectivity index (χ1v) is 11.2. The second kappa shape index (κ2) is 8.16. The Labute approximate surface area is 173 Å². The maximum atomic E-state index is 12.0. The molecule has 2 aromatic rings. The highest BCUT2D eigenvalue weighted by Crippen LogP contribution is 2.42. The van der Waals surface area contributed by atoms with Crippen LogP contribution in [-0.2, 0) is 11.2 Å². The molecule has 2 aliphatic heterocycles. The van der Waals surface area contributed by atoms with E-state index in [0.29, 0.717) is 24.3 Å². The van der Waals surface area contributed by atoms with E-state index in [2.05, 4.69) is 70.9 Å². The molecule has 1 amide bonds. The SMILES string of the molecule is O=C1CCc2cccc(C3CCN(C(c4ccccc4)C4CC=CC4)CC3)c2N1. The van der Waals surface area contributed by atoms with Crippen molar-refractivity contribution in [2.75, 3.05) is 18.4 Å². The summed E-state index contributed by atoms with van der Waals surface area (Å²) in [4.78, 5) is 14.7. The minimum atomic E-state index is 0.167. The van der Waals surface area contributed by atoms with Crippen molar-refractivity contribution in [1.82, 2.24) is 4.90 Å². The van der Waals surface area contributed by atoms with Gasteiger partial charge >= 0.3 is 0 Å². The lowest BCUT2D eigenvalue weighted by Gasteiger charge is -2.41. The molecule has 1 unspecified atom stereocenters. The zero-order valence-corrected chi connectivity index (χ0v) is 17.0. The fourth-order valence-electron chi connectivity index (χ4n) is 5.59. The van der Waals surface area contributed by atoms with Gasteiger partial charge in [0, 0.05) is 18.2 Å². The van der Waals surface area contributed by atoms with E-state index in [0.717, 1.165) is 38.0 Å². The minimum absolute atomic E-state index is 0.167. The number of benzene rings is 2. The summed E-state index contributed by atoms with van der Waals surface area (Å²) in [6.45, 7) is 2.25. The van der Waals surface area contributed by atoms with E-state index < -0.39 is 0 Å². The molecule has 0 aromatic heterocycles. The summed E-state index contributed by atoms with van der Waals surface area (Å²) in [5.74, 6) is 1.40. The molecule has 3 aliphatic rings. The molecule has 0 saturated carbocycles. The molecule has 3 nitrogen and oxygen atoms in total. The Bertz CT molecular complexity index is 888. The number of piperidine rings is 1. The van der Waals surface area contributed by atoms with Gasteiger partial charge in [0.15, 0.2) is 0 Å². The molecule has 2 heterocycles. The van der Waals surface area contributed by atoms with Crippen LogP contribution in [0.2, 0.25) is 0 Å². The maximum absolute atomic E-state index is 12.0. The molecule has 3 heteroatoms. The molecule has 1 aliphatic carbocycles. The normalized spacial score (nSPS) is 21.7. The van der Waals surface area contributed by atoms with Gasteiger partial charge in [-0.25, -0.2) is 0 Å². The summed E-state index contributed by atoms with van der Waals surface area (Å²) < 4.78 is 0. The van der Waals surface area contributed by atoms with Crippen LogP contribution >= 0.6 is 0 Å². The van der Waals surface area contributed by atoms with Gasteiger partial charge in [-0.15, -0.1) is 0 Å². The molecule has 1 saturated heterocycles. The highest BCUT2D eigenvalue weighted by Gasteiger charge is 2.33. The number of amides is 1. The number of hydrogen-bond donors (Lipinski definition) is 1. The van der Waals surface area contributed by atoms with Crippen molar-refractivity contribution in [3.63, 3.8) is 0 Å². The average Bonchev–Trinajstić information content (AvgIpc) is 3.29. The first-order valence-electron chi connectivity index (χ1n) is 11.2. The van der Waals surface area contributed by atoms with Crippen LogP contribution in [0.5, 0.6) is 0 Å². The lowest BCUT2D eigenvalue weighted by Crippen LogP contribution is -2.39. The quantitative estimate of drug-likeness (QED) is 0.708. The number of fused-ring (bicyclic) bond motifs is 1. The Kier molecular flexibility index (Phi) is 5.24. The Morgan fingerprint density at radius 3 is 2.41 bits per heavy atom. The topological polar surface area (TPSA) is 32.3 Å². The van der Waals surface area contributed by atoms with Gasteiger partial charge in [0.05, 0.1) is 0 Å². The summed E-state index contributed by atoms with van der Waals surface area (Å²) in [5, 5.41) is 3.17. The van der Waals surface area contributed by atoms with Gasteiger partial charge in [0.25, 0.3) is 0 Å². The van der Waals surface area contributed by atoms with Crippen molar-refractivity contribution >= 4 is 11.6 Å². The van der Waals surface area contributed by atoms with Gasteiger partial charge in [-0.3, -0.25) is 9.69 Å². The van der Waals surface area contributed by atoms with Gasteiger partial charge in [0.1, 0.15) is 0 Å². The zero-order valence-electron chi connectivity index (χ0n) is 17.0. The molecule has 150 valence electrons. The van der Waals surface area contributed by atoms with Crippen LogP contribution in [0, 0.1) is 5.92 Å². The lowest BCUT2D eigenvalue weighted by molar-refractivity contribution is -0.116. The molecular formula is C26H30N2O. The van der Waals surface area contributed by atoms with Gasteiger partial charge in [-0.05, 0) is 73.7 Å². The van der Waals surface area contributed by atoms with Crippen LogP contribution in [0.1, 0.15) is 60.8 Å². The summed E-state index contributed by atoms with van der Waals surface area (Å²) >= 11 is 0. The Hall–Kier alpha value is -2.39. The first kappa shape index (κ1) is 18.6. The molecule has 1 atom stereocenters. The fourth-order valence-corrected chi connectivity index (χ4v) is 5.59. The van der Waals surface area contributed by atoms with Crippen LogP contribution < -0.4 is 5.32 Å². The van der Waals surface area contributed by atoms with E-state index in [1.54, 1.807) is 0 Å². The summed E-state index contributed by atoms with van der Waals surface area (Å²) in [6.07, 6.45) is 10.9. The molecule has 2 aromatic carbocycles. The predicted molar refractivity (Wildman–Crippen MR) is 118 cm³/mol. The minimum Gasteiger partial charge on any atom is -0.326 e. The number of aryl methyl sites for hydroxylation is 1. The zero-order chi connectivity index (χ0) is 19.6. The summed E-state index contributed by atoms with van der Waals surface area (Å²) in [5.41, 5.74) is 5.24. The van der Waals surface area contributed by atoms with E-state index in [1.807, 2.05) is 0 Å². The van der Waals surface area contributed by atoms with E-state index in [4.69, 9.17) is 0 Å². The number of nitrogens with one attached hydrogen (secondary N) is 1. The number of carbonyl (C=O) groups is 1. The third kappa shape index (κ3) is 3.76. The third-order valence-corrected chi connectivity index (χ3v) is 7.06. The second-order valence-electron chi connectivity index (χ2n) is 8.80. The van der Waals surface area contributed by atoms with Crippen molar-refractivity contribution in [1.29, 1.82) is 0 Å². The first-order chi connectivity index (χ1) is 14.3. The molecule has 0 bridgehead atoms. The predicted octanol–water partition coefficient (Wildman–Crippen LogP) is 5.46. The van der Waals surface area contributed by atoms with Gasteiger partial charge in [0.2, 0.25) is 5.91 Å². The summed E-state index contributed by atoms with van der Waals surface area (Å²) in [6, 6.07) is 18.2. The number of likely N-dealkylation sites (tertiary alicyclic amines) is 1. The molecule has 0 radical (unpaired) electrons. The van der Waals surface area contributed by atoms with E-state index in [-0.39, 0.29) is 5.91 Å². The van der Waals surface area contributed by atoms with Gasteiger partial charge in [-0.1, -0.05) is 60.7 Å². The highest BCUT2D eigenvalue weighted by atomic mass is 16.1. The molecular weight excluding hydrogens is 356 g/mol. The molecule has 29 heavy (non-hydrogen) atoms. The van der Waals surface area contributed by atoms with Gasteiger partial charge in [-0.2, -0.15) is 0 Å². The van der Waals surface area contributed by atoms with Gasteiger partial charge < -0.3 is 5.32 Å². The van der Waals surface area contributed by atoms with Crippen molar-refractivity contribution < 1.29 is 4.79 Å². The third-order valence-electron chi connectivity index (χ3n) is 7.06. The van der Waals surface area contributed by atoms with E-state index >= 15 is 0 Å². The largest absolute Gasteiger partial charge is 0.326 e. The van der Waals surface area contributed by atoms with Crippen molar-refractivity contribution in [2.45, 2.75) is 50.5 Å². The van der Waals surface area contributed by atoms with Crippen LogP contribution in [-0.4, -0.2) is 23.9 Å². The lowest BCUT2D eigenvalue weighted by atomic mass is 9.83. The van der Waals surface area contributed by atoms with Crippen LogP contribution in [0.3, 0.4) is 0 Å². The van der Waals surface area contributed by atoms with Crippen LogP contribution in [0.15, 0.2) is 60.7 Å². The Morgan fingerprint density at radius 1 is 0.897 bits per heavy atom. The van der Waals surface area contributed by atoms with Crippen molar-refractivity contribution in [3.8, 4) is 0 Å². The highest BCUT2D eigenvalue weighted by molar-refractivity contribution is 5.95. The number of para-hydroxylation sites is 1. The second-order valence-corrected chi connectivity index (χ2v) is 8.80. The molecule has 0 spiro atoms. The monoisotopic (exact) mass is 386 g/mol. The van der Waals surface area contributed by atoms with E-state index in [1.165, 1.54) is 29.5 Å². The molecule has 1 N–H and O–H groups in total. The smallest absolute Gasteiger partial charge is 0.224 e. The number of rotatable bonds is 4. The Morgan fingerprint density at radius 2 is 1.66 bits per heavy atom.